The van der Waals surface area contributed by atoms with E-state index >= 15 is 0 Å². The summed E-state index contributed by atoms with van der Waals surface area (Å²) >= 11 is 3.32. The number of hydrogen-bond donors (Lipinski definition) is 1. The van der Waals surface area contributed by atoms with Crippen LogP contribution in [0, 0.1) is 0 Å². The minimum atomic E-state index is 0.105. The van der Waals surface area contributed by atoms with Crippen molar-refractivity contribution in [3.8, 4) is 0 Å². The van der Waals surface area contributed by atoms with Crippen molar-refractivity contribution >= 4 is 27.8 Å². The zero-order chi connectivity index (χ0) is 16.1. The van der Waals surface area contributed by atoms with E-state index in [1.165, 1.54) is 0 Å². The fourth-order valence-corrected chi connectivity index (χ4v) is 3.04. The van der Waals surface area contributed by atoms with E-state index in [1.54, 1.807) is 12.4 Å². The van der Waals surface area contributed by atoms with E-state index in [-0.39, 0.29) is 11.9 Å². The third-order valence-electron chi connectivity index (χ3n) is 4.02. The van der Waals surface area contributed by atoms with Gasteiger partial charge in [-0.3, -0.25) is 4.79 Å². The molecule has 23 heavy (non-hydrogen) atoms. The number of benzene rings is 1. The van der Waals surface area contributed by atoms with Gasteiger partial charge in [0.2, 0.25) is 5.95 Å². The number of hydrogen-bond acceptors (Lipinski definition) is 4. The minimum absolute atomic E-state index is 0.105. The highest BCUT2D eigenvalue weighted by molar-refractivity contribution is 9.10. The number of carbonyl (C=O) groups excluding carboxylic acids is 1. The predicted molar refractivity (Wildman–Crippen MR) is 93.3 cm³/mol. The van der Waals surface area contributed by atoms with Gasteiger partial charge in [0, 0.05) is 37.1 Å². The average Bonchev–Trinajstić information content (AvgIpc) is 2.62. The maximum absolute atomic E-state index is 12.7. The number of likely N-dealkylation sites (tertiary alicyclic amines) is 1. The molecule has 1 unspecified atom stereocenters. The number of nitrogens with one attached hydrogen (secondary N) is 1. The van der Waals surface area contributed by atoms with Crippen LogP contribution >= 0.6 is 15.9 Å². The molecule has 1 aliphatic rings. The molecule has 1 aromatic carbocycles. The van der Waals surface area contributed by atoms with E-state index < -0.39 is 0 Å². The second-order valence-electron chi connectivity index (χ2n) is 5.62. The summed E-state index contributed by atoms with van der Waals surface area (Å²) in [5.74, 6) is 0.694. The summed E-state index contributed by atoms with van der Waals surface area (Å²) in [6.07, 6.45) is 6.63. The van der Waals surface area contributed by atoms with Gasteiger partial charge in [0.15, 0.2) is 0 Å². The van der Waals surface area contributed by atoms with Gasteiger partial charge in [0.25, 0.3) is 5.91 Å². The molecule has 0 saturated carbocycles. The van der Waals surface area contributed by atoms with E-state index in [0.717, 1.165) is 35.8 Å². The number of carbonyl (C=O) groups is 1. The van der Waals surface area contributed by atoms with E-state index in [9.17, 15) is 4.79 Å². The molecule has 1 fully saturated rings. The van der Waals surface area contributed by atoms with Crippen molar-refractivity contribution < 1.29 is 4.79 Å². The van der Waals surface area contributed by atoms with Crippen LogP contribution in [0.5, 0.6) is 0 Å². The van der Waals surface area contributed by atoms with Gasteiger partial charge in [-0.15, -0.1) is 0 Å². The van der Waals surface area contributed by atoms with E-state index in [1.807, 2.05) is 35.2 Å². The van der Waals surface area contributed by atoms with Crippen LogP contribution in [0.4, 0.5) is 5.95 Å². The zero-order valence-corrected chi connectivity index (χ0v) is 14.4. The molecule has 1 atom stereocenters. The van der Waals surface area contributed by atoms with Gasteiger partial charge in [-0.05, 0) is 47.3 Å². The highest BCUT2D eigenvalue weighted by atomic mass is 79.9. The van der Waals surface area contributed by atoms with Crippen LogP contribution < -0.4 is 5.32 Å². The van der Waals surface area contributed by atoms with Crippen LogP contribution in [-0.4, -0.2) is 39.9 Å². The predicted octanol–water partition coefficient (Wildman–Crippen LogP) is 3.35. The molecule has 1 aliphatic heterocycles. The Morgan fingerprint density at radius 3 is 2.70 bits per heavy atom. The Balaban J connectivity index is 1.66. The third kappa shape index (κ3) is 4.07. The summed E-state index contributed by atoms with van der Waals surface area (Å²) in [7, 11) is 0. The van der Waals surface area contributed by atoms with Crippen molar-refractivity contribution in [1.82, 2.24) is 14.9 Å². The Labute approximate surface area is 144 Å². The fraction of sp³-hybridized carbons (Fsp3) is 0.353. The second-order valence-corrected chi connectivity index (χ2v) is 6.54. The summed E-state index contributed by atoms with van der Waals surface area (Å²) in [6, 6.07) is 9.65. The van der Waals surface area contributed by atoms with E-state index in [4.69, 9.17) is 0 Å². The van der Waals surface area contributed by atoms with Gasteiger partial charge >= 0.3 is 0 Å². The van der Waals surface area contributed by atoms with Crippen molar-refractivity contribution in [2.45, 2.75) is 25.3 Å². The summed E-state index contributed by atoms with van der Waals surface area (Å²) in [5, 5.41) is 3.24. The molecule has 1 amide bonds. The van der Waals surface area contributed by atoms with E-state index in [0.29, 0.717) is 12.5 Å². The Morgan fingerprint density at radius 2 is 1.96 bits per heavy atom. The monoisotopic (exact) mass is 374 g/mol. The molecule has 2 heterocycles. The van der Waals surface area contributed by atoms with Gasteiger partial charge in [-0.1, -0.05) is 18.2 Å². The number of anilines is 1. The number of rotatable bonds is 4. The standard InChI is InChI=1S/C17H19BrN4O/c18-14-10-19-17(20-11-14)21-12-15-8-4-5-9-22(15)16(23)13-6-2-1-3-7-13/h1-3,6-7,10-11,15H,4-5,8-9,12H2,(H,19,20,21). The van der Waals surface area contributed by atoms with E-state index in [2.05, 4.69) is 31.2 Å². The van der Waals surface area contributed by atoms with Gasteiger partial charge in [0.1, 0.15) is 0 Å². The third-order valence-corrected chi connectivity index (χ3v) is 4.43. The number of amides is 1. The molecule has 120 valence electrons. The van der Waals surface area contributed by atoms with Crippen LogP contribution in [-0.2, 0) is 0 Å². The van der Waals surface area contributed by atoms with Gasteiger partial charge in [-0.2, -0.15) is 0 Å². The smallest absolute Gasteiger partial charge is 0.254 e. The lowest BCUT2D eigenvalue weighted by molar-refractivity contribution is 0.0628. The molecule has 1 aromatic heterocycles. The Kier molecular flexibility index (Phi) is 5.23. The molecule has 2 aromatic rings. The molecule has 1 saturated heterocycles. The number of piperidine rings is 1. The Morgan fingerprint density at radius 1 is 1.22 bits per heavy atom. The van der Waals surface area contributed by atoms with Gasteiger partial charge in [-0.25, -0.2) is 9.97 Å². The topological polar surface area (TPSA) is 58.1 Å². The molecule has 5 nitrogen and oxygen atoms in total. The first-order valence-corrected chi connectivity index (χ1v) is 8.61. The highest BCUT2D eigenvalue weighted by Crippen LogP contribution is 2.20. The van der Waals surface area contributed by atoms with Crippen molar-refractivity contribution in [2.75, 3.05) is 18.4 Å². The minimum Gasteiger partial charge on any atom is -0.352 e. The van der Waals surface area contributed by atoms with Crippen molar-refractivity contribution in [3.63, 3.8) is 0 Å². The van der Waals surface area contributed by atoms with Gasteiger partial charge < -0.3 is 10.2 Å². The number of aromatic nitrogens is 2. The molecule has 0 spiro atoms. The van der Waals surface area contributed by atoms with Crippen LogP contribution in [0.15, 0.2) is 47.2 Å². The van der Waals surface area contributed by atoms with Gasteiger partial charge in [0.05, 0.1) is 4.47 Å². The number of nitrogens with zero attached hydrogens (tertiary/aromatic N) is 3. The molecule has 0 radical (unpaired) electrons. The molecule has 0 bridgehead atoms. The van der Waals surface area contributed by atoms with Crippen molar-refractivity contribution in [3.05, 3.63) is 52.8 Å². The molecule has 6 heteroatoms. The fourth-order valence-electron chi connectivity index (χ4n) is 2.84. The lowest BCUT2D eigenvalue weighted by Gasteiger charge is -2.36. The quantitative estimate of drug-likeness (QED) is 0.891. The van der Waals surface area contributed by atoms with Crippen LogP contribution in [0.25, 0.3) is 0 Å². The summed E-state index contributed by atoms with van der Waals surface area (Å²) < 4.78 is 0.849. The summed E-state index contributed by atoms with van der Waals surface area (Å²) in [4.78, 5) is 23.1. The maximum Gasteiger partial charge on any atom is 0.254 e. The van der Waals surface area contributed by atoms with Crippen LogP contribution in [0.2, 0.25) is 0 Å². The molecular weight excluding hydrogens is 356 g/mol. The van der Waals surface area contributed by atoms with Crippen molar-refractivity contribution in [2.24, 2.45) is 0 Å². The maximum atomic E-state index is 12.7. The van der Waals surface area contributed by atoms with Crippen LogP contribution in [0.1, 0.15) is 29.6 Å². The first-order valence-electron chi connectivity index (χ1n) is 7.81. The molecule has 1 N–H and O–H groups in total. The Hall–Kier alpha value is -1.95. The lowest BCUT2D eigenvalue weighted by atomic mass is 10.0. The molecule has 0 aliphatic carbocycles. The highest BCUT2D eigenvalue weighted by Gasteiger charge is 2.27. The largest absolute Gasteiger partial charge is 0.352 e. The summed E-state index contributed by atoms with van der Waals surface area (Å²) in [5.41, 5.74) is 0.749. The van der Waals surface area contributed by atoms with Crippen LogP contribution in [0.3, 0.4) is 0 Å². The summed E-state index contributed by atoms with van der Waals surface area (Å²) in [6.45, 7) is 1.47. The lowest BCUT2D eigenvalue weighted by Crippen LogP contribution is -2.47. The SMILES string of the molecule is O=C(c1ccccc1)N1CCCCC1CNc1ncc(Br)cn1. The Bertz CT molecular complexity index is 647. The molecular formula is C17H19BrN4O. The average molecular weight is 375 g/mol. The first-order chi connectivity index (χ1) is 11.2. The zero-order valence-electron chi connectivity index (χ0n) is 12.8. The van der Waals surface area contributed by atoms with Crippen molar-refractivity contribution in [1.29, 1.82) is 0 Å². The second kappa shape index (κ2) is 7.55. The molecule has 3 rings (SSSR count). The normalized spacial score (nSPS) is 17.8. The number of halogens is 1. The first kappa shape index (κ1) is 15.9.